The number of aldehydes is 1. The number of hydrogen-bond acceptors (Lipinski definition) is 1. The third kappa shape index (κ3) is 5.34. The molecule has 12 heavy (non-hydrogen) atoms. The fraction of sp³-hybridized carbons (Fsp3) is 0.909. The Bertz CT molecular complexity index is 120. The van der Waals surface area contributed by atoms with Gasteiger partial charge in [-0.3, -0.25) is 0 Å². The summed E-state index contributed by atoms with van der Waals surface area (Å²) >= 11 is 0. The van der Waals surface area contributed by atoms with Crippen molar-refractivity contribution in [2.45, 2.75) is 47.0 Å². The summed E-state index contributed by atoms with van der Waals surface area (Å²) in [5, 5.41) is 0. The zero-order valence-electron chi connectivity index (χ0n) is 8.84. The summed E-state index contributed by atoms with van der Waals surface area (Å²) in [5.74, 6) is 1.74. The first-order chi connectivity index (χ1) is 5.60. The molecule has 0 unspecified atom stereocenters. The fourth-order valence-corrected chi connectivity index (χ4v) is 1.64. The minimum Gasteiger partial charge on any atom is -0.303 e. The van der Waals surface area contributed by atoms with Crippen LogP contribution in [0.15, 0.2) is 0 Å². The lowest BCUT2D eigenvalue weighted by Gasteiger charge is -2.16. The van der Waals surface area contributed by atoms with Crippen LogP contribution in [0.3, 0.4) is 0 Å². The van der Waals surface area contributed by atoms with Crippen LogP contribution in [0.1, 0.15) is 47.0 Å². The van der Waals surface area contributed by atoms with Crippen molar-refractivity contribution in [3.63, 3.8) is 0 Å². The first-order valence-electron chi connectivity index (χ1n) is 5.05. The molecule has 0 spiro atoms. The number of hydrogen-bond donors (Lipinski definition) is 0. The highest BCUT2D eigenvalue weighted by molar-refractivity contribution is 5.52. The van der Waals surface area contributed by atoms with Gasteiger partial charge in [-0.2, -0.15) is 0 Å². The molecule has 0 N–H and O–H groups in total. The molecule has 0 amide bonds. The molecule has 0 radical (unpaired) electrons. The summed E-state index contributed by atoms with van der Waals surface area (Å²) in [7, 11) is 0. The van der Waals surface area contributed by atoms with Gasteiger partial charge in [0.25, 0.3) is 0 Å². The Morgan fingerprint density at radius 2 is 1.67 bits per heavy atom. The van der Waals surface area contributed by atoms with Crippen molar-refractivity contribution in [2.24, 2.45) is 17.8 Å². The molecule has 0 saturated carbocycles. The third-order valence-corrected chi connectivity index (χ3v) is 2.51. The van der Waals surface area contributed by atoms with Gasteiger partial charge >= 0.3 is 0 Å². The largest absolute Gasteiger partial charge is 0.303 e. The molecule has 0 heterocycles. The van der Waals surface area contributed by atoms with Gasteiger partial charge in [0, 0.05) is 5.92 Å². The molecule has 72 valence electrons. The van der Waals surface area contributed by atoms with Crippen molar-refractivity contribution in [2.75, 3.05) is 0 Å². The molecule has 0 rings (SSSR count). The maximum Gasteiger partial charge on any atom is 0.122 e. The number of carbonyl (C=O) groups is 1. The first-order valence-corrected chi connectivity index (χ1v) is 5.05. The molecule has 1 heteroatoms. The van der Waals surface area contributed by atoms with Crippen molar-refractivity contribution in [1.29, 1.82) is 0 Å². The fourth-order valence-electron chi connectivity index (χ4n) is 1.64. The predicted octanol–water partition coefficient (Wildman–Crippen LogP) is 3.28. The molecule has 1 nitrogen and oxygen atoms in total. The lowest BCUT2D eigenvalue weighted by molar-refractivity contribution is -0.111. The van der Waals surface area contributed by atoms with Crippen LogP contribution in [0.5, 0.6) is 0 Å². The molecule has 0 aromatic carbocycles. The van der Waals surface area contributed by atoms with Crippen LogP contribution < -0.4 is 0 Å². The topological polar surface area (TPSA) is 17.1 Å². The second-order valence-electron chi connectivity index (χ2n) is 4.20. The first kappa shape index (κ1) is 11.7. The molecule has 0 aromatic heterocycles. The van der Waals surface area contributed by atoms with Crippen molar-refractivity contribution >= 4 is 6.29 Å². The predicted molar refractivity (Wildman–Crippen MR) is 53.1 cm³/mol. The Labute approximate surface area is 76.6 Å². The van der Waals surface area contributed by atoms with E-state index in [1.165, 1.54) is 12.8 Å². The lowest BCUT2D eigenvalue weighted by Crippen LogP contribution is -2.07. The van der Waals surface area contributed by atoms with Crippen molar-refractivity contribution in [3.05, 3.63) is 0 Å². The zero-order chi connectivity index (χ0) is 9.56. The molecule has 0 aromatic rings. The minimum absolute atomic E-state index is 0.240. The van der Waals surface area contributed by atoms with E-state index in [4.69, 9.17) is 0 Å². The van der Waals surface area contributed by atoms with Crippen LogP contribution in [0.25, 0.3) is 0 Å². The molecule has 0 fully saturated rings. The van der Waals surface area contributed by atoms with Gasteiger partial charge in [-0.25, -0.2) is 0 Å². The SMILES string of the molecule is CC[C@H](C)C[C@H](C)C[C@H](C)C=O. The van der Waals surface area contributed by atoms with E-state index in [9.17, 15) is 4.79 Å². The van der Waals surface area contributed by atoms with Gasteiger partial charge in [-0.05, 0) is 24.7 Å². The van der Waals surface area contributed by atoms with Gasteiger partial charge in [0.05, 0.1) is 0 Å². The molecular weight excluding hydrogens is 148 g/mol. The summed E-state index contributed by atoms with van der Waals surface area (Å²) in [6.07, 6.45) is 4.62. The third-order valence-electron chi connectivity index (χ3n) is 2.51. The van der Waals surface area contributed by atoms with Crippen LogP contribution in [0.2, 0.25) is 0 Å². The van der Waals surface area contributed by atoms with E-state index in [-0.39, 0.29) is 5.92 Å². The highest BCUT2D eigenvalue weighted by Gasteiger charge is 2.10. The Morgan fingerprint density at radius 1 is 1.08 bits per heavy atom. The van der Waals surface area contributed by atoms with Gasteiger partial charge in [0.15, 0.2) is 0 Å². The molecule has 0 aliphatic heterocycles. The van der Waals surface area contributed by atoms with Gasteiger partial charge in [-0.1, -0.05) is 34.1 Å². The average molecular weight is 170 g/mol. The Kier molecular flexibility index (Phi) is 6.04. The molecule has 0 bridgehead atoms. The van der Waals surface area contributed by atoms with E-state index in [1.54, 1.807) is 0 Å². The second-order valence-corrected chi connectivity index (χ2v) is 4.20. The van der Waals surface area contributed by atoms with E-state index in [0.717, 1.165) is 18.6 Å². The highest BCUT2D eigenvalue weighted by Crippen LogP contribution is 2.20. The summed E-state index contributed by atoms with van der Waals surface area (Å²) in [5.41, 5.74) is 0. The summed E-state index contributed by atoms with van der Waals surface area (Å²) in [6.45, 7) is 8.74. The highest BCUT2D eigenvalue weighted by atomic mass is 16.1. The van der Waals surface area contributed by atoms with Crippen molar-refractivity contribution in [1.82, 2.24) is 0 Å². The van der Waals surface area contributed by atoms with Gasteiger partial charge < -0.3 is 4.79 Å². The summed E-state index contributed by atoms with van der Waals surface area (Å²) < 4.78 is 0. The van der Waals surface area contributed by atoms with E-state index in [1.807, 2.05) is 6.92 Å². The Morgan fingerprint density at radius 3 is 2.08 bits per heavy atom. The minimum atomic E-state index is 0.240. The second kappa shape index (κ2) is 6.22. The summed E-state index contributed by atoms with van der Waals surface area (Å²) in [6, 6.07) is 0. The lowest BCUT2D eigenvalue weighted by atomic mass is 9.89. The molecular formula is C11H22O. The van der Waals surface area contributed by atoms with Gasteiger partial charge in [0.1, 0.15) is 6.29 Å². The monoisotopic (exact) mass is 170 g/mol. The quantitative estimate of drug-likeness (QED) is 0.559. The van der Waals surface area contributed by atoms with Crippen LogP contribution in [0, 0.1) is 17.8 Å². The molecule has 3 atom stereocenters. The average Bonchev–Trinajstić information content (AvgIpc) is 2.03. The zero-order valence-corrected chi connectivity index (χ0v) is 8.84. The van der Waals surface area contributed by atoms with E-state index >= 15 is 0 Å². The van der Waals surface area contributed by atoms with Crippen LogP contribution in [0.4, 0.5) is 0 Å². The van der Waals surface area contributed by atoms with E-state index in [2.05, 4.69) is 20.8 Å². The molecule has 0 aliphatic rings. The number of rotatable bonds is 6. The van der Waals surface area contributed by atoms with Crippen molar-refractivity contribution in [3.8, 4) is 0 Å². The van der Waals surface area contributed by atoms with Crippen LogP contribution >= 0.6 is 0 Å². The summed E-state index contributed by atoms with van der Waals surface area (Å²) in [4.78, 5) is 10.4. The van der Waals surface area contributed by atoms with E-state index < -0.39 is 0 Å². The standard InChI is InChI=1S/C11H22O/c1-5-9(2)6-10(3)7-11(4)8-12/h8-11H,5-7H2,1-4H3/t9-,10-,11-/m0/s1. The van der Waals surface area contributed by atoms with Gasteiger partial charge in [0.2, 0.25) is 0 Å². The Hall–Kier alpha value is -0.330. The van der Waals surface area contributed by atoms with Gasteiger partial charge in [-0.15, -0.1) is 0 Å². The maximum absolute atomic E-state index is 10.4. The number of carbonyl (C=O) groups excluding carboxylic acids is 1. The van der Waals surface area contributed by atoms with Crippen LogP contribution in [-0.2, 0) is 4.79 Å². The van der Waals surface area contributed by atoms with Crippen molar-refractivity contribution < 1.29 is 4.79 Å². The Balaban J connectivity index is 3.57. The van der Waals surface area contributed by atoms with Crippen LogP contribution in [-0.4, -0.2) is 6.29 Å². The molecule has 0 saturated heterocycles. The smallest absolute Gasteiger partial charge is 0.122 e. The maximum atomic E-state index is 10.4. The normalized spacial score (nSPS) is 18.3. The molecule has 0 aliphatic carbocycles. The van der Waals surface area contributed by atoms with E-state index in [0.29, 0.717) is 5.92 Å².